The number of carbonyl (C=O) groups is 1. The summed E-state index contributed by atoms with van der Waals surface area (Å²) in [5, 5.41) is 108. The number of carbonyl (C=O) groups excluding carboxylic acids is 1. The maximum Gasteiger partial charge on any atom is 0.201 e. The number of ether oxygens (including phenoxy) is 8. The van der Waals surface area contributed by atoms with E-state index >= 15 is 0 Å². The molecule has 19 heteroatoms. The van der Waals surface area contributed by atoms with Gasteiger partial charge in [-0.1, -0.05) is 38.0 Å². The van der Waals surface area contributed by atoms with Crippen molar-refractivity contribution in [1.82, 2.24) is 0 Å². The first kappa shape index (κ1) is 44.6. The van der Waals surface area contributed by atoms with Gasteiger partial charge in [-0.3, -0.25) is 4.79 Å². The minimum atomic E-state index is -1.78. The van der Waals surface area contributed by atoms with Gasteiger partial charge in [0, 0.05) is 35.2 Å². The first-order valence-electron chi connectivity index (χ1n) is 21.8. The minimum Gasteiger partial charge on any atom is -0.393 e. The molecule has 0 aromatic heterocycles. The van der Waals surface area contributed by atoms with Crippen LogP contribution in [0.2, 0.25) is 0 Å². The highest BCUT2D eigenvalue weighted by atomic mass is 16.8. The molecular weight excluding hydrogens is 808 g/mol. The molecule has 9 rings (SSSR count). The lowest BCUT2D eigenvalue weighted by atomic mass is 9.51. The Bertz CT molecular complexity index is 1730. The topological polar surface area (TPSA) is 293 Å². The summed E-state index contributed by atoms with van der Waals surface area (Å²) < 4.78 is 49.2. The molecule has 61 heavy (non-hydrogen) atoms. The highest BCUT2D eigenvalue weighted by Crippen LogP contribution is 2.64. The van der Waals surface area contributed by atoms with E-state index in [0.717, 1.165) is 11.1 Å². The molecule has 1 saturated carbocycles. The Hall–Kier alpha value is -1.57. The number of aliphatic hydroxyl groups excluding tert-OH is 10. The predicted molar refractivity (Wildman–Crippen MR) is 202 cm³/mol. The third kappa shape index (κ3) is 6.97. The maximum atomic E-state index is 14.6. The number of hydrogen-bond donors (Lipinski definition) is 10. The van der Waals surface area contributed by atoms with Gasteiger partial charge in [-0.05, 0) is 44.4 Å². The van der Waals surface area contributed by atoms with Crippen molar-refractivity contribution in [1.29, 1.82) is 0 Å². The normalized spacial score (nSPS) is 56.1. The van der Waals surface area contributed by atoms with E-state index in [9.17, 15) is 55.9 Å². The molecule has 0 aromatic carbocycles. The summed E-state index contributed by atoms with van der Waals surface area (Å²) in [6, 6.07) is 0. The summed E-state index contributed by atoms with van der Waals surface area (Å²) in [6.45, 7) is 6.61. The Labute approximate surface area is 352 Å². The van der Waals surface area contributed by atoms with Crippen molar-refractivity contribution >= 4 is 5.78 Å². The van der Waals surface area contributed by atoms with Crippen LogP contribution in [-0.2, 0) is 42.7 Å². The van der Waals surface area contributed by atoms with Crippen molar-refractivity contribution in [2.75, 3.05) is 19.8 Å². The molecule has 10 N–H and O–H groups in total. The van der Waals surface area contributed by atoms with Gasteiger partial charge in [-0.2, -0.15) is 0 Å². The van der Waals surface area contributed by atoms with E-state index in [4.69, 9.17) is 37.9 Å². The molecule has 5 saturated heterocycles. The number of hydrogen-bond acceptors (Lipinski definition) is 19. The molecule has 25 atom stereocenters. The number of ketones is 1. The minimum absolute atomic E-state index is 0.139. The largest absolute Gasteiger partial charge is 0.393 e. The fraction of sp³-hybridized carbons (Fsp3) is 0.881. The molecule has 344 valence electrons. The number of aliphatic hydroxyl groups is 10. The molecule has 19 nitrogen and oxygen atoms in total. The summed E-state index contributed by atoms with van der Waals surface area (Å²) in [5.74, 6) is -3.15. The van der Waals surface area contributed by atoms with Crippen LogP contribution in [0.1, 0.15) is 59.8 Å². The SMILES string of the molecule is C[C@@H]1O[C@@H](O[C@H]2[C@H](O[C@@H]3C[C@@H](O)CC4=CC[C@H]5C6=C(CC[C@@H]5[C@]43C)[C@H]3[C@H](O[C@@]4(OC[C@H](C)[C@@H](O)[C@@H]4O)[C@H]3C)C6=O)OC[C@H](O)[C@@H]2O[C@@H]2OC[C@@H](O)[C@H](O)[C@H]2O)[C@H](O)[C@H](O)[C@H]1O. The van der Waals surface area contributed by atoms with Crippen LogP contribution in [0.15, 0.2) is 22.8 Å². The zero-order valence-electron chi connectivity index (χ0n) is 34.7. The van der Waals surface area contributed by atoms with Crippen molar-refractivity contribution in [2.45, 2.75) is 176 Å². The first-order chi connectivity index (χ1) is 28.9. The quantitative estimate of drug-likeness (QED) is 0.121. The maximum absolute atomic E-state index is 14.6. The van der Waals surface area contributed by atoms with Gasteiger partial charge in [0.2, 0.25) is 5.79 Å². The average molecular weight is 871 g/mol. The molecule has 0 aromatic rings. The molecule has 6 fully saturated rings. The zero-order chi connectivity index (χ0) is 43.6. The van der Waals surface area contributed by atoms with Crippen LogP contribution in [0, 0.1) is 35.0 Å². The fourth-order valence-electron chi connectivity index (χ4n) is 12.2. The van der Waals surface area contributed by atoms with Gasteiger partial charge >= 0.3 is 0 Å². The summed E-state index contributed by atoms with van der Waals surface area (Å²) in [4.78, 5) is 14.6. The van der Waals surface area contributed by atoms with Gasteiger partial charge in [-0.25, -0.2) is 0 Å². The molecule has 0 unspecified atom stereocenters. The summed E-state index contributed by atoms with van der Waals surface area (Å²) >= 11 is 0. The highest BCUT2D eigenvalue weighted by molar-refractivity contribution is 6.04. The lowest BCUT2D eigenvalue weighted by molar-refractivity contribution is -0.382. The molecule has 0 radical (unpaired) electrons. The van der Waals surface area contributed by atoms with Crippen molar-refractivity contribution in [3.05, 3.63) is 22.8 Å². The monoisotopic (exact) mass is 870 g/mol. The van der Waals surface area contributed by atoms with Crippen LogP contribution < -0.4 is 0 Å². The molecule has 5 aliphatic heterocycles. The van der Waals surface area contributed by atoms with E-state index in [0.29, 0.717) is 31.3 Å². The Morgan fingerprint density at radius 1 is 0.754 bits per heavy atom. The summed E-state index contributed by atoms with van der Waals surface area (Å²) in [6.07, 6.45) is -20.3. The van der Waals surface area contributed by atoms with Crippen molar-refractivity contribution in [3.63, 3.8) is 0 Å². The van der Waals surface area contributed by atoms with Crippen molar-refractivity contribution in [3.8, 4) is 0 Å². The molecule has 5 heterocycles. The number of allylic oxidation sites excluding steroid dienone is 1. The molecule has 9 aliphatic rings. The highest BCUT2D eigenvalue weighted by Gasteiger charge is 2.68. The van der Waals surface area contributed by atoms with E-state index in [1.54, 1.807) is 6.92 Å². The lowest BCUT2D eigenvalue weighted by Crippen LogP contribution is -2.65. The molecule has 0 amide bonds. The second-order valence-electron chi connectivity index (χ2n) is 19.2. The van der Waals surface area contributed by atoms with Crippen LogP contribution in [0.5, 0.6) is 0 Å². The van der Waals surface area contributed by atoms with Gasteiger partial charge in [0.25, 0.3) is 0 Å². The fourth-order valence-corrected chi connectivity index (χ4v) is 12.2. The molecule has 4 aliphatic carbocycles. The van der Waals surface area contributed by atoms with Crippen molar-refractivity contribution < 1.29 is 93.8 Å². The van der Waals surface area contributed by atoms with Crippen molar-refractivity contribution in [2.24, 2.45) is 35.0 Å². The van der Waals surface area contributed by atoms with E-state index in [1.807, 2.05) is 6.92 Å². The second kappa shape index (κ2) is 16.4. The van der Waals surface area contributed by atoms with Crippen LogP contribution in [0.25, 0.3) is 0 Å². The van der Waals surface area contributed by atoms with E-state index in [2.05, 4.69) is 13.0 Å². The third-order valence-corrected chi connectivity index (χ3v) is 15.8. The Morgan fingerprint density at radius 2 is 1.44 bits per heavy atom. The molecule has 0 bridgehead atoms. The van der Waals surface area contributed by atoms with E-state index in [-0.39, 0.29) is 49.1 Å². The molecule has 1 spiro atoms. The molecular formula is C42H62O19. The zero-order valence-corrected chi connectivity index (χ0v) is 34.7. The smallest absolute Gasteiger partial charge is 0.201 e. The lowest BCUT2D eigenvalue weighted by Gasteiger charge is -2.56. The Morgan fingerprint density at radius 3 is 2.20 bits per heavy atom. The van der Waals surface area contributed by atoms with Gasteiger partial charge in [0.15, 0.2) is 24.7 Å². The van der Waals surface area contributed by atoms with Gasteiger partial charge < -0.3 is 89.0 Å². The van der Waals surface area contributed by atoms with Gasteiger partial charge in [0.05, 0.1) is 44.2 Å². The van der Waals surface area contributed by atoms with Crippen LogP contribution in [-0.4, -0.2) is 193 Å². The summed E-state index contributed by atoms with van der Waals surface area (Å²) in [7, 11) is 0. The first-order valence-corrected chi connectivity index (χ1v) is 21.8. The number of fused-ring (bicyclic) bond motifs is 6. The average Bonchev–Trinajstić information content (AvgIpc) is 3.69. The summed E-state index contributed by atoms with van der Waals surface area (Å²) in [5.41, 5.74) is 1.85. The van der Waals surface area contributed by atoms with Crippen LogP contribution in [0.3, 0.4) is 0 Å². The number of rotatable bonds is 6. The van der Waals surface area contributed by atoms with Gasteiger partial charge in [0.1, 0.15) is 67.1 Å². The van der Waals surface area contributed by atoms with E-state index < -0.39 is 134 Å². The third-order valence-electron chi connectivity index (χ3n) is 15.8. The standard InChI is InChI=1S/C42H62O19/c1-14-11-56-42(37(53)27(14)46)15(2)25-20-7-8-21-19(26(20)30(49)35(25)61-42)6-5-17-9-18(43)10-24(41(17,21)4)58-40-36(60-39-33(52)31(50)28(47)16(3)57-39)34(23(45)13-55-40)59-38-32(51)29(48)22(44)12-54-38/h5,14-16,18-19,21-25,27-29,31-40,43-48,50-53H,6-13H2,1-4H3/t14-,15-,16-,18-,19+,21-,22+,23-,24+,25-,27+,28-,29-,31+,32+,33+,34-,35-,36+,37-,38-,39-,40-,41-,42-/m0/s1. The Kier molecular flexibility index (Phi) is 12.0. The second-order valence-corrected chi connectivity index (χ2v) is 19.2. The Balaban J connectivity index is 1.01. The van der Waals surface area contributed by atoms with Crippen LogP contribution >= 0.6 is 0 Å². The van der Waals surface area contributed by atoms with E-state index in [1.165, 1.54) is 6.92 Å². The number of Topliss-reactive ketones (excluding diaryl/α,β-unsaturated/α-hetero) is 1. The predicted octanol–water partition coefficient (Wildman–Crippen LogP) is -2.74. The van der Waals surface area contributed by atoms with Gasteiger partial charge in [-0.15, -0.1) is 0 Å². The van der Waals surface area contributed by atoms with Crippen LogP contribution in [0.4, 0.5) is 0 Å².